The van der Waals surface area contributed by atoms with Crippen molar-refractivity contribution in [2.24, 2.45) is 0 Å². The molecule has 0 spiro atoms. The first-order valence-corrected chi connectivity index (χ1v) is 17.2. The van der Waals surface area contributed by atoms with E-state index in [1.807, 2.05) is 30.0 Å². The normalized spacial score (nSPS) is 12.7. The van der Waals surface area contributed by atoms with Gasteiger partial charge >= 0.3 is 0 Å². The lowest BCUT2D eigenvalue weighted by atomic mass is 10.0. The maximum Gasteiger partial charge on any atom is 0.0541 e. The number of hydrogen-bond donors (Lipinski definition) is 0. The summed E-state index contributed by atoms with van der Waals surface area (Å²) >= 11 is 1.94. The Hall–Kier alpha value is -5.05. The van der Waals surface area contributed by atoms with E-state index in [4.69, 9.17) is 0 Å². The molecule has 230 valence electrons. The Kier molecular flexibility index (Phi) is 8.95. The van der Waals surface area contributed by atoms with Crippen LogP contribution in [0.2, 0.25) is 0 Å². The van der Waals surface area contributed by atoms with Gasteiger partial charge in [-0.25, -0.2) is 0 Å². The van der Waals surface area contributed by atoms with E-state index < -0.39 is 0 Å². The zero-order chi connectivity index (χ0) is 32.2. The molecule has 1 nitrogen and oxygen atoms in total. The summed E-state index contributed by atoms with van der Waals surface area (Å²) < 4.78 is 2.41. The highest BCUT2D eigenvalue weighted by Crippen LogP contribution is 2.40. The lowest BCUT2D eigenvalue weighted by Crippen LogP contribution is -1.94. The molecule has 0 amide bonds. The molecule has 6 aromatic carbocycles. The van der Waals surface area contributed by atoms with Gasteiger partial charge in [-0.1, -0.05) is 139 Å². The van der Waals surface area contributed by atoms with E-state index in [1.54, 1.807) is 0 Å². The van der Waals surface area contributed by atoms with Crippen LogP contribution in [0.15, 0.2) is 173 Å². The van der Waals surface area contributed by atoms with Gasteiger partial charge in [-0.3, -0.25) is 0 Å². The molecule has 0 aliphatic heterocycles. The molecule has 2 heteroatoms. The zero-order valence-electron chi connectivity index (χ0n) is 27.3. The summed E-state index contributed by atoms with van der Waals surface area (Å²) in [6.07, 6.45) is 6.82. The number of thioether (sulfide) groups is 1. The number of rotatable bonds is 5. The molecule has 0 bridgehead atoms. The zero-order valence-corrected chi connectivity index (χ0v) is 28.1. The summed E-state index contributed by atoms with van der Waals surface area (Å²) in [6.45, 7) is 6.54. The molecule has 8 rings (SSSR count). The average molecular weight is 626 g/mol. The van der Waals surface area contributed by atoms with E-state index in [2.05, 4.69) is 165 Å². The lowest BCUT2D eigenvalue weighted by molar-refractivity contribution is 0.998. The van der Waals surface area contributed by atoms with Gasteiger partial charge in [0.1, 0.15) is 0 Å². The van der Waals surface area contributed by atoms with Gasteiger partial charge in [0.15, 0.2) is 0 Å². The molecule has 1 aliphatic carbocycles. The quantitative estimate of drug-likeness (QED) is 0.184. The summed E-state index contributed by atoms with van der Waals surface area (Å²) in [5, 5.41) is 2.56. The van der Waals surface area contributed by atoms with Crippen LogP contribution in [0.4, 0.5) is 0 Å². The fourth-order valence-electron chi connectivity index (χ4n) is 6.34. The van der Waals surface area contributed by atoms with Gasteiger partial charge < -0.3 is 4.57 Å². The summed E-state index contributed by atoms with van der Waals surface area (Å²) in [5.74, 6) is 0. The molecule has 0 atom stereocenters. The van der Waals surface area contributed by atoms with Gasteiger partial charge in [0.05, 0.1) is 11.0 Å². The van der Waals surface area contributed by atoms with Gasteiger partial charge in [0.2, 0.25) is 0 Å². The number of aromatic nitrogens is 1. The fourth-order valence-corrected chi connectivity index (χ4v) is 7.47. The predicted molar refractivity (Wildman–Crippen MR) is 204 cm³/mol. The second-order valence-corrected chi connectivity index (χ2v) is 13.4. The van der Waals surface area contributed by atoms with Gasteiger partial charge in [0, 0.05) is 21.4 Å². The minimum atomic E-state index is 1.13. The number of hydrogen-bond acceptors (Lipinski definition) is 1. The van der Waals surface area contributed by atoms with Gasteiger partial charge in [0.25, 0.3) is 0 Å². The average Bonchev–Trinajstić information content (AvgIpc) is 3.45. The number of para-hydroxylation sites is 1. The Morgan fingerprint density at radius 3 is 1.96 bits per heavy atom. The molecule has 0 unspecified atom stereocenters. The van der Waals surface area contributed by atoms with Crippen LogP contribution >= 0.6 is 11.8 Å². The monoisotopic (exact) mass is 625 g/mol. The van der Waals surface area contributed by atoms with Crippen molar-refractivity contribution in [1.82, 2.24) is 4.57 Å². The second kappa shape index (κ2) is 13.7. The highest BCUT2D eigenvalue weighted by Gasteiger charge is 2.15. The summed E-state index contributed by atoms with van der Waals surface area (Å²) in [7, 11) is 0. The van der Waals surface area contributed by atoms with Crippen LogP contribution in [0.1, 0.15) is 30.9 Å². The minimum absolute atomic E-state index is 1.13. The number of allylic oxidation sites excluding steroid dienone is 4. The van der Waals surface area contributed by atoms with Crippen molar-refractivity contribution in [2.45, 2.75) is 38.5 Å². The van der Waals surface area contributed by atoms with Crippen molar-refractivity contribution < 1.29 is 0 Å². The maximum atomic E-state index is 2.41. The molecule has 0 fully saturated rings. The van der Waals surface area contributed by atoms with Gasteiger partial charge in [-0.2, -0.15) is 0 Å². The van der Waals surface area contributed by atoms with Crippen LogP contribution in [0.25, 0.3) is 49.7 Å². The number of fused-ring (bicyclic) bond motifs is 3. The fraction of sp³-hybridized carbons (Fsp3) is 0.111. The van der Waals surface area contributed by atoms with Crippen molar-refractivity contribution in [3.8, 4) is 27.9 Å². The largest absolute Gasteiger partial charge is 0.309 e. The Morgan fingerprint density at radius 1 is 0.532 bits per heavy atom. The van der Waals surface area contributed by atoms with E-state index in [9.17, 15) is 0 Å². The van der Waals surface area contributed by atoms with Crippen molar-refractivity contribution in [3.63, 3.8) is 0 Å². The van der Waals surface area contributed by atoms with Crippen LogP contribution in [-0.2, 0) is 0 Å². The minimum Gasteiger partial charge on any atom is -0.309 e. The van der Waals surface area contributed by atoms with Crippen molar-refractivity contribution in [2.75, 3.05) is 0 Å². The molecular formula is C45H39NS. The van der Waals surface area contributed by atoms with E-state index in [0.717, 1.165) is 12.8 Å². The topological polar surface area (TPSA) is 4.93 Å². The van der Waals surface area contributed by atoms with Crippen molar-refractivity contribution in [1.29, 1.82) is 0 Å². The summed E-state index contributed by atoms with van der Waals surface area (Å²) in [6, 6.07) is 52.4. The third kappa shape index (κ3) is 6.61. The summed E-state index contributed by atoms with van der Waals surface area (Å²) in [4.78, 5) is 2.83. The van der Waals surface area contributed by atoms with Crippen LogP contribution in [0.3, 0.4) is 0 Å². The third-order valence-electron chi connectivity index (χ3n) is 8.92. The second-order valence-electron chi connectivity index (χ2n) is 12.3. The first kappa shape index (κ1) is 30.6. The van der Waals surface area contributed by atoms with Crippen molar-refractivity contribution in [3.05, 3.63) is 179 Å². The summed E-state index contributed by atoms with van der Waals surface area (Å²) in [5.41, 5.74) is 12.7. The first-order chi connectivity index (χ1) is 23.0. The van der Waals surface area contributed by atoms with Crippen LogP contribution in [0, 0.1) is 13.8 Å². The Balaban J connectivity index is 0.000000447. The SMILES string of the molecule is CC1=C(Sc2cc(-c3ccc4c(c3)c3ccccc3n4-c3cccc(-c4ccccc4)c3)ccc2C)CCC=C1.Cc1ccccc1. The number of benzene rings is 6. The molecule has 0 N–H and O–H groups in total. The third-order valence-corrected chi connectivity index (χ3v) is 10.4. The maximum absolute atomic E-state index is 2.41. The van der Waals surface area contributed by atoms with Crippen molar-refractivity contribution >= 4 is 33.6 Å². The van der Waals surface area contributed by atoms with Crippen LogP contribution < -0.4 is 0 Å². The van der Waals surface area contributed by atoms with E-state index in [1.165, 1.54) is 76.2 Å². The van der Waals surface area contributed by atoms with Crippen LogP contribution in [0.5, 0.6) is 0 Å². The number of nitrogens with zero attached hydrogens (tertiary/aromatic N) is 1. The van der Waals surface area contributed by atoms with E-state index >= 15 is 0 Å². The van der Waals surface area contributed by atoms with Gasteiger partial charge in [-0.05, 0) is 108 Å². The predicted octanol–water partition coefficient (Wildman–Crippen LogP) is 13.1. The molecule has 0 saturated carbocycles. The molecule has 1 aromatic heterocycles. The smallest absolute Gasteiger partial charge is 0.0541 e. The molecular weight excluding hydrogens is 587 g/mol. The molecule has 47 heavy (non-hydrogen) atoms. The van der Waals surface area contributed by atoms with Gasteiger partial charge in [-0.15, -0.1) is 0 Å². The molecule has 7 aromatic rings. The Bertz CT molecular complexity index is 2240. The number of aryl methyl sites for hydroxylation is 2. The molecule has 1 heterocycles. The lowest BCUT2D eigenvalue weighted by Gasteiger charge is -2.15. The molecule has 0 radical (unpaired) electrons. The van der Waals surface area contributed by atoms with E-state index in [-0.39, 0.29) is 0 Å². The highest BCUT2D eigenvalue weighted by atomic mass is 32.2. The Morgan fingerprint density at radius 2 is 1.19 bits per heavy atom. The molecule has 1 aliphatic rings. The molecule has 0 saturated heterocycles. The first-order valence-electron chi connectivity index (χ1n) is 16.4. The Labute approximate surface area is 282 Å². The highest BCUT2D eigenvalue weighted by molar-refractivity contribution is 8.03. The standard InChI is InChI=1S/C38H31NS.C7H8/c1-26-11-6-9-18-37(26)40-38-25-31(20-19-27(38)2)30-21-22-36-34(24-30)33-16-7-8-17-35(33)39(36)32-15-10-14-29(23-32)28-12-4-3-5-13-28;1-7-5-3-2-4-6-7/h3-8,10-17,19-25H,9,18H2,1-2H3;2-6H,1H3. The van der Waals surface area contributed by atoms with Crippen LogP contribution in [-0.4, -0.2) is 4.57 Å². The van der Waals surface area contributed by atoms with E-state index in [0.29, 0.717) is 0 Å².